The van der Waals surface area contributed by atoms with Crippen LogP contribution in [0.2, 0.25) is 0 Å². The number of benzene rings is 1. The summed E-state index contributed by atoms with van der Waals surface area (Å²) in [5.41, 5.74) is 6.02. The van der Waals surface area contributed by atoms with Crippen molar-refractivity contribution in [1.82, 2.24) is 20.9 Å². The largest absolute Gasteiger partial charge is 0.497 e. The van der Waals surface area contributed by atoms with Crippen LogP contribution in [-0.4, -0.2) is 96.9 Å². The Bertz CT molecular complexity index is 997. The number of carbonyl (C=O) groups is 5. The molecular weight excluding hydrogens is 532 g/mol. The third-order valence-electron chi connectivity index (χ3n) is 5.83. The van der Waals surface area contributed by atoms with Gasteiger partial charge in [-0.15, -0.1) is 0 Å². The van der Waals surface area contributed by atoms with E-state index in [1.54, 1.807) is 30.5 Å². The van der Waals surface area contributed by atoms with Crippen molar-refractivity contribution in [3.63, 3.8) is 0 Å². The molecule has 3 unspecified atom stereocenters. The summed E-state index contributed by atoms with van der Waals surface area (Å²) in [7, 11) is 1.52. The van der Waals surface area contributed by atoms with Gasteiger partial charge in [-0.3, -0.25) is 19.2 Å². The SMILES string of the molecule is COc1cccc(NC(=O)NC2CCN(C(=O)CSC)C2C(=O)NC(CCCNC(=O)CSC)C(N)=O)c1. The molecule has 1 saturated heterocycles. The van der Waals surface area contributed by atoms with Gasteiger partial charge < -0.3 is 36.6 Å². The Kier molecular flexibility index (Phi) is 13.1. The molecule has 0 aliphatic carbocycles. The van der Waals surface area contributed by atoms with E-state index in [9.17, 15) is 24.0 Å². The first-order chi connectivity index (χ1) is 18.2. The monoisotopic (exact) mass is 568 g/mol. The fraction of sp³-hybridized carbons (Fsp3) is 0.542. The maximum absolute atomic E-state index is 13.4. The molecule has 1 aromatic carbocycles. The number of methoxy groups -OCH3 is 1. The average molecular weight is 569 g/mol. The molecule has 14 heteroatoms. The van der Waals surface area contributed by atoms with Gasteiger partial charge in [-0.2, -0.15) is 23.5 Å². The lowest BCUT2D eigenvalue weighted by Gasteiger charge is -2.29. The van der Waals surface area contributed by atoms with Crippen LogP contribution in [0.3, 0.4) is 0 Å². The Balaban J connectivity index is 2.08. The summed E-state index contributed by atoms with van der Waals surface area (Å²) in [6, 6.07) is 3.55. The van der Waals surface area contributed by atoms with Crippen molar-refractivity contribution in [2.45, 2.75) is 37.4 Å². The van der Waals surface area contributed by atoms with E-state index in [4.69, 9.17) is 10.5 Å². The number of anilines is 1. The van der Waals surface area contributed by atoms with Crippen molar-refractivity contribution in [3.05, 3.63) is 24.3 Å². The summed E-state index contributed by atoms with van der Waals surface area (Å²) in [6.07, 6.45) is 4.58. The average Bonchev–Trinajstić information content (AvgIpc) is 3.29. The molecule has 6 N–H and O–H groups in total. The second-order valence-electron chi connectivity index (χ2n) is 8.58. The molecule has 1 aromatic rings. The summed E-state index contributed by atoms with van der Waals surface area (Å²) < 4.78 is 5.17. The zero-order valence-corrected chi connectivity index (χ0v) is 23.4. The number of thioether (sulfide) groups is 2. The van der Waals surface area contributed by atoms with Crippen LogP contribution < -0.4 is 31.7 Å². The lowest BCUT2D eigenvalue weighted by atomic mass is 10.1. The number of nitrogens with one attached hydrogen (secondary N) is 4. The second kappa shape index (κ2) is 16.0. The number of amides is 6. The number of rotatable bonds is 14. The fourth-order valence-corrected chi connectivity index (χ4v) is 4.83. The van der Waals surface area contributed by atoms with E-state index in [0.29, 0.717) is 36.6 Å². The van der Waals surface area contributed by atoms with Gasteiger partial charge >= 0.3 is 6.03 Å². The van der Waals surface area contributed by atoms with E-state index in [2.05, 4.69) is 21.3 Å². The van der Waals surface area contributed by atoms with Crippen LogP contribution in [0.15, 0.2) is 24.3 Å². The highest BCUT2D eigenvalue weighted by Gasteiger charge is 2.43. The molecule has 3 atom stereocenters. The molecule has 12 nitrogen and oxygen atoms in total. The van der Waals surface area contributed by atoms with Crippen molar-refractivity contribution < 1.29 is 28.7 Å². The minimum atomic E-state index is -1.02. The number of primary amides is 1. The van der Waals surface area contributed by atoms with Crippen molar-refractivity contribution in [2.75, 3.05) is 49.5 Å². The number of ether oxygens (including phenoxy) is 1. The molecule has 1 aliphatic rings. The van der Waals surface area contributed by atoms with Crippen LogP contribution in [-0.2, 0) is 19.2 Å². The van der Waals surface area contributed by atoms with Crippen LogP contribution in [0, 0.1) is 0 Å². The molecule has 2 rings (SSSR count). The lowest BCUT2D eigenvalue weighted by molar-refractivity contribution is -0.138. The highest BCUT2D eigenvalue weighted by molar-refractivity contribution is 7.99. The fourth-order valence-electron chi connectivity index (χ4n) is 4.05. The smallest absolute Gasteiger partial charge is 0.319 e. The molecule has 1 fully saturated rings. The van der Waals surface area contributed by atoms with Crippen LogP contribution in [0.5, 0.6) is 5.75 Å². The van der Waals surface area contributed by atoms with E-state index in [-0.39, 0.29) is 30.5 Å². The predicted molar refractivity (Wildman–Crippen MR) is 149 cm³/mol. The third-order valence-corrected chi connectivity index (χ3v) is 6.91. The zero-order chi connectivity index (χ0) is 28.1. The Morgan fingerprint density at radius 2 is 1.89 bits per heavy atom. The number of hydrogen-bond donors (Lipinski definition) is 5. The summed E-state index contributed by atoms with van der Waals surface area (Å²) in [6.45, 7) is 0.597. The Hall–Kier alpha value is -3.13. The topological polar surface area (TPSA) is 172 Å². The van der Waals surface area contributed by atoms with Crippen LogP contribution in [0.4, 0.5) is 10.5 Å². The number of urea groups is 1. The number of nitrogens with zero attached hydrogens (tertiary/aromatic N) is 1. The normalized spacial score (nSPS) is 17.3. The molecule has 1 aliphatic heterocycles. The lowest BCUT2D eigenvalue weighted by Crippen LogP contribution is -2.58. The highest BCUT2D eigenvalue weighted by atomic mass is 32.2. The van der Waals surface area contributed by atoms with Gasteiger partial charge in [0.1, 0.15) is 17.8 Å². The van der Waals surface area contributed by atoms with E-state index in [1.165, 1.54) is 35.5 Å². The van der Waals surface area contributed by atoms with Gasteiger partial charge in [-0.25, -0.2) is 4.79 Å². The molecule has 6 amide bonds. The number of nitrogens with two attached hydrogens (primary N) is 1. The summed E-state index contributed by atoms with van der Waals surface area (Å²) in [5, 5.41) is 10.9. The van der Waals surface area contributed by atoms with Gasteiger partial charge in [0.15, 0.2) is 0 Å². The molecule has 0 bridgehead atoms. The molecule has 38 heavy (non-hydrogen) atoms. The zero-order valence-electron chi connectivity index (χ0n) is 21.8. The van der Waals surface area contributed by atoms with E-state index < -0.39 is 36.0 Å². The third kappa shape index (κ3) is 9.63. The molecule has 0 radical (unpaired) electrons. The molecule has 1 heterocycles. The summed E-state index contributed by atoms with van der Waals surface area (Å²) in [4.78, 5) is 63.9. The van der Waals surface area contributed by atoms with Crippen molar-refractivity contribution in [2.24, 2.45) is 5.73 Å². The molecule has 0 spiro atoms. The van der Waals surface area contributed by atoms with Gasteiger partial charge in [0, 0.05) is 24.8 Å². The van der Waals surface area contributed by atoms with Crippen LogP contribution >= 0.6 is 23.5 Å². The van der Waals surface area contributed by atoms with E-state index in [0.717, 1.165) is 0 Å². The van der Waals surface area contributed by atoms with Crippen molar-refractivity contribution in [3.8, 4) is 5.75 Å². The molecular formula is C24H36N6O6S2. The quantitative estimate of drug-likeness (QED) is 0.200. The number of carbonyl (C=O) groups excluding carboxylic acids is 5. The van der Waals surface area contributed by atoms with Gasteiger partial charge in [0.2, 0.25) is 23.6 Å². The Morgan fingerprint density at radius 1 is 1.16 bits per heavy atom. The van der Waals surface area contributed by atoms with Crippen molar-refractivity contribution in [1.29, 1.82) is 0 Å². The van der Waals surface area contributed by atoms with Crippen LogP contribution in [0.1, 0.15) is 19.3 Å². The minimum Gasteiger partial charge on any atom is -0.497 e. The standard InChI is InChI=1S/C24H36N6O6S2/c1-36-16-7-4-6-15(12-16)27-24(35)29-17-9-11-30(20(32)14-38-3)21(17)23(34)28-18(22(25)33)8-5-10-26-19(31)13-37-2/h4,6-7,12,17-18,21H,5,8-11,13-14H2,1-3H3,(H2,25,33)(H,26,31)(H,28,34)(H2,27,29,35). The first-order valence-corrected chi connectivity index (χ1v) is 14.8. The minimum absolute atomic E-state index is 0.118. The maximum atomic E-state index is 13.4. The van der Waals surface area contributed by atoms with Gasteiger partial charge in [0.25, 0.3) is 0 Å². The Morgan fingerprint density at radius 3 is 2.55 bits per heavy atom. The van der Waals surface area contributed by atoms with Crippen molar-refractivity contribution >= 4 is 58.9 Å². The summed E-state index contributed by atoms with van der Waals surface area (Å²) in [5.74, 6) is -0.614. The van der Waals surface area contributed by atoms with Gasteiger partial charge in [-0.1, -0.05) is 6.07 Å². The second-order valence-corrected chi connectivity index (χ2v) is 10.3. The van der Waals surface area contributed by atoms with E-state index in [1.807, 2.05) is 6.26 Å². The van der Waals surface area contributed by atoms with Crippen LogP contribution in [0.25, 0.3) is 0 Å². The number of hydrogen-bond acceptors (Lipinski definition) is 8. The molecule has 210 valence electrons. The highest BCUT2D eigenvalue weighted by Crippen LogP contribution is 2.21. The first kappa shape index (κ1) is 31.1. The number of likely N-dealkylation sites (tertiary alicyclic amines) is 1. The Labute approximate surface area is 230 Å². The maximum Gasteiger partial charge on any atom is 0.319 e. The van der Waals surface area contributed by atoms with Gasteiger partial charge in [-0.05, 0) is 43.9 Å². The molecule has 0 saturated carbocycles. The first-order valence-electron chi connectivity index (χ1n) is 12.1. The molecule has 0 aromatic heterocycles. The van der Waals surface area contributed by atoms with Gasteiger partial charge in [0.05, 0.1) is 24.7 Å². The predicted octanol–water partition coefficient (Wildman–Crippen LogP) is 0.379. The van der Waals surface area contributed by atoms with E-state index >= 15 is 0 Å². The summed E-state index contributed by atoms with van der Waals surface area (Å²) >= 11 is 2.72.